The maximum Gasteiger partial charge on any atom is 0.390 e. The molecule has 0 spiro atoms. The average Bonchev–Trinajstić information content (AvgIpc) is 2.21. The van der Waals surface area contributed by atoms with Gasteiger partial charge in [-0.2, -0.15) is 8.78 Å². The van der Waals surface area contributed by atoms with E-state index in [1.165, 1.54) is 7.11 Å². The van der Waals surface area contributed by atoms with Crippen LogP contribution < -0.4 is 0 Å². The van der Waals surface area contributed by atoms with Crippen LogP contribution >= 0.6 is 0 Å². The normalized spacial score (nSPS) is 12.2. The van der Waals surface area contributed by atoms with E-state index < -0.39 is 12.8 Å². The highest BCUT2D eigenvalue weighted by Gasteiger charge is 2.06. The first-order valence-electron chi connectivity index (χ1n) is 4.97. The van der Waals surface area contributed by atoms with Gasteiger partial charge in [-0.3, -0.25) is 0 Å². The molecule has 16 heavy (non-hydrogen) atoms. The molecule has 0 aromatic heterocycles. The highest BCUT2D eigenvalue weighted by Crippen LogP contribution is 2.02. The zero-order valence-electron chi connectivity index (χ0n) is 9.13. The van der Waals surface area contributed by atoms with E-state index >= 15 is 0 Å². The Kier molecular flexibility index (Phi) is 10.1. The summed E-state index contributed by atoms with van der Waals surface area (Å²) in [6.45, 7) is -2.51. The third kappa shape index (κ3) is 11.3. The number of hydrogen-bond donors (Lipinski definition) is 0. The fourth-order valence-electron chi connectivity index (χ4n) is 0.987. The van der Waals surface area contributed by atoms with Crippen molar-refractivity contribution in [3.8, 4) is 0 Å². The van der Waals surface area contributed by atoms with Crippen LogP contribution in [0.15, 0.2) is 4.99 Å². The third-order valence-corrected chi connectivity index (χ3v) is 1.68. The number of hydrogen-bond acceptors (Lipinski definition) is 4. The molecule has 96 valence electrons. The van der Waals surface area contributed by atoms with Gasteiger partial charge in [-0.1, -0.05) is 12.8 Å². The standard InChI is InChI=1S/C9H16F3NO3/c1-14-15-7-5-3-2-4-6-13-9(12)16-8(10)11/h8H,2-7H2,1H3. The molecule has 0 bridgehead atoms. The van der Waals surface area contributed by atoms with Crippen LogP contribution in [0.5, 0.6) is 0 Å². The second-order valence-corrected chi connectivity index (χ2v) is 2.92. The molecule has 0 aromatic rings. The van der Waals surface area contributed by atoms with Crippen molar-refractivity contribution >= 4 is 6.15 Å². The zero-order valence-corrected chi connectivity index (χ0v) is 9.13. The largest absolute Gasteiger partial charge is 0.394 e. The van der Waals surface area contributed by atoms with E-state index in [1.54, 1.807) is 0 Å². The van der Waals surface area contributed by atoms with E-state index in [2.05, 4.69) is 19.5 Å². The van der Waals surface area contributed by atoms with Crippen molar-refractivity contribution in [2.45, 2.75) is 32.3 Å². The van der Waals surface area contributed by atoms with Gasteiger partial charge in [-0.05, 0) is 12.8 Å². The van der Waals surface area contributed by atoms with Crippen LogP contribution in [0.2, 0.25) is 0 Å². The van der Waals surface area contributed by atoms with Gasteiger partial charge >= 0.3 is 12.8 Å². The number of rotatable bonds is 9. The molecule has 0 saturated heterocycles. The minimum Gasteiger partial charge on any atom is -0.394 e. The molecule has 0 rings (SSSR count). The lowest BCUT2D eigenvalue weighted by molar-refractivity contribution is -0.272. The van der Waals surface area contributed by atoms with E-state index in [9.17, 15) is 13.2 Å². The van der Waals surface area contributed by atoms with Crippen LogP contribution in [0.25, 0.3) is 0 Å². The maximum atomic E-state index is 12.3. The Hall–Kier alpha value is -0.820. The quantitative estimate of drug-likeness (QED) is 0.205. The van der Waals surface area contributed by atoms with Gasteiger partial charge in [0.05, 0.1) is 13.7 Å². The third-order valence-electron chi connectivity index (χ3n) is 1.68. The topological polar surface area (TPSA) is 40.0 Å². The van der Waals surface area contributed by atoms with Crippen molar-refractivity contribution in [1.29, 1.82) is 0 Å². The summed E-state index contributed by atoms with van der Waals surface area (Å²) in [5.74, 6) is 0. The van der Waals surface area contributed by atoms with Gasteiger partial charge in [0.2, 0.25) is 0 Å². The number of halogens is 3. The molecular weight excluding hydrogens is 227 g/mol. The average molecular weight is 243 g/mol. The molecule has 0 aliphatic rings. The molecule has 4 nitrogen and oxygen atoms in total. The Labute approximate surface area is 92.3 Å². The Balaban J connectivity index is 3.25. The van der Waals surface area contributed by atoms with Crippen molar-refractivity contribution in [3.05, 3.63) is 0 Å². The van der Waals surface area contributed by atoms with Crippen molar-refractivity contribution in [2.75, 3.05) is 20.3 Å². The Morgan fingerprint density at radius 1 is 1.19 bits per heavy atom. The van der Waals surface area contributed by atoms with Gasteiger partial charge in [-0.25, -0.2) is 14.8 Å². The van der Waals surface area contributed by atoms with Crippen LogP contribution in [-0.4, -0.2) is 33.0 Å². The maximum absolute atomic E-state index is 12.3. The van der Waals surface area contributed by atoms with E-state index in [0.29, 0.717) is 13.0 Å². The lowest BCUT2D eigenvalue weighted by Gasteiger charge is -2.00. The molecule has 0 aliphatic heterocycles. The predicted molar refractivity (Wildman–Crippen MR) is 51.9 cm³/mol. The van der Waals surface area contributed by atoms with E-state index in [4.69, 9.17) is 0 Å². The molecule has 0 saturated carbocycles. The Bertz CT molecular complexity index is 191. The summed E-state index contributed by atoms with van der Waals surface area (Å²) in [7, 11) is 1.43. The van der Waals surface area contributed by atoms with Gasteiger partial charge in [-0.15, -0.1) is 4.39 Å². The Morgan fingerprint density at radius 2 is 1.88 bits per heavy atom. The zero-order chi connectivity index (χ0) is 12.2. The van der Waals surface area contributed by atoms with E-state index in [-0.39, 0.29) is 6.54 Å². The van der Waals surface area contributed by atoms with E-state index in [0.717, 1.165) is 19.3 Å². The molecule has 0 aliphatic carbocycles. The van der Waals surface area contributed by atoms with E-state index in [1.807, 2.05) is 0 Å². The van der Waals surface area contributed by atoms with Gasteiger partial charge < -0.3 is 4.74 Å². The molecule has 0 fully saturated rings. The van der Waals surface area contributed by atoms with Crippen LogP contribution in [-0.2, 0) is 14.5 Å². The number of alkyl halides is 2. The summed E-state index contributed by atoms with van der Waals surface area (Å²) in [4.78, 5) is 12.2. The minimum atomic E-state index is -3.16. The molecule has 0 radical (unpaired) electrons. The van der Waals surface area contributed by atoms with Gasteiger partial charge in [0, 0.05) is 6.54 Å². The van der Waals surface area contributed by atoms with Crippen LogP contribution in [0.3, 0.4) is 0 Å². The molecule has 0 unspecified atom stereocenters. The summed E-state index contributed by atoms with van der Waals surface area (Å²) in [6, 6.07) is 0. The second kappa shape index (κ2) is 10.7. The summed E-state index contributed by atoms with van der Waals surface area (Å²) >= 11 is 0. The van der Waals surface area contributed by atoms with Crippen LogP contribution in [0.4, 0.5) is 13.2 Å². The first-order valence-corrected chi connectivity index (χ1v) is 4.97. The van der Waals surface area contributed by atoms with Gasteiger partial charge in [0.1, 0.15) is 0 Å². The smallest absolute Gasteiger partial charge is 0.390 e. The number of nitrogens with zero attached hydrogens (tertiary/aromatic N) is 1. The fraction of sp³-hybridized carbons (Fsp3) is 0.889. The number of aliphatic imine (C=N–C) groups is 1. The highest BCUT2D eigenvalue weighted by atomic mass is 19.3. The molecular formula is C9H16F3NO3. The fourth-order valence-corrected chi connectivity index (χ4v) is 0.987. The predicted octanol–water partition coefficient (Wildman–Crippen LogP) is 2.69. The van der Waals surface area contributed by atoms with Gasteiger partial charge in [0.25, 0.3) is 0 Å². The Morgan fingerprint density at radius 3 is 2.50 bits per heavy atom. The SMILES string of the molecule is COOCCCCCCN=C(F)OC(F)F. The summed E-state index contributed by atoms with van der Waals surface area (Å²) in [6.07, 6.45) is 1.69. The lowest BCUT2D eigenvalue weighted by atomic mass is 10.2. The second-order valence-electron chi connectivity index (χ2n) is 2.92. The van der Waals surface area contributed by atoms with Crippen LogP contribution in [0.1, 0.15) is 25.7 Å². The molecule has 7 heteroatoms. The molecule has 0 amide bonds. The van der Waals surface area contributed by atoms with Crippen molar-refractivity contribution < 1.29 is 27.7 Å². The number of ether oxygens (including phenoxy) is 1. The summed E-state index contributed by atoms with van der Waals surface area (Å²) in [5, 5.41) is 0. The van der Waals surface area contributed by atoms with Crippen molar-refractivity contribution in [2.24, 2.45) is 4.99 Å². The molecule has 0 heterocycles. The molecule has 0 atom stereocenters. The van der Waals surface area contributed by atoms with Crippen LogP contribution in [0, 0.1) is 0 Å². The minimum absolute atomic E-state index is 0.143. The lowest BCUT2D eigenvalue weighted by Crippen LogP contribution is -2.04. The monoisotopic (exact) mass is 243 g/mol. The first-order chi connectivity index (χ1) is 7.66. The molecule has 0 N–H and O–H groups in total. The molecule has 0 aromatic carbocycles. The first kappa shape index (κ1) is 15.2. The van der Waals surface area contributed by atoms with Crippen molar-refractivity contribution in [1.82, 2.24) is 0 Å². The summed E-state index contributed by atoms with van der Waals surface area (Å²) < 4.78 is 38.7. The highest BCUT2D eigenvalue weighted by molar-refractivity contribution is 5.65. The van der Waals surface area contributed by atoms with Crippen molar-refractivity contribution in [3.63, 3.8) is 0 Å². The summed E-state index contributed by atoms with van der Waals surface area (Å²) in [5.41, 5.74) is 0. The number of unbranched alkanes of at least 4 members (excludes halogenated alkanes) is 3. The van der Waals surface area contributed by atoms with Gasteiger partial charge in [0.15, 0.2) is 0 Å².